The first kappa shape index (κ1) is 21.0. The molecule has 1 aliphatic rings. The van der Waals surface area contributed by atoms with Crippen molar-refractivity contribution in [3.63, 3.8) is 0 Å². The predicted octanol–water partition coefficient (Wildman–Crippen LogP) is 4.15. The predicted molar refractivity (Wildman–Crippen MR) is 98.5 cm³/mol. The average Bonchev–Trinajstić information content (AvgIpc) is 3.10. The normalized spacial score (nSPS) is 14.6. The quantitative estimate of drug-likeness (QED) is 0.624. The van der Waals surface area contributed by atoms with Crippen molar-refractivity contribution < 1.29 is 26.7 Å². The fraction of sp³-hybridized carbons (Fsp3) is 0.350. The van der Waals surface area contributed by atoms with E-state index in [9.17, 15) is 26.7 Å². The van der Waals surface area contributed by atoms with Crippen LogP contribution in [0.25, 0.3) is 0 Å². The Morgan fingerprint density at radius 3 is 2.52 bits per heavy atom. The summed E-state index contributed by atoms with van der Waals surface area (Å²) in [6.45, 7) is 1.94. The monoisotopic (exact) mass is 413 g/mol. The van der Waals surface area contributed by atoms with Crippen LogP contribution in [0.1, 0.15) is 33.9 Å². The van der Waals surface area contributed by atoms with E-state index < -0.39 is 36.7 Å². The minimum atomic E-state index is -4.59. The van der Waals surface area contributed by atoms with E-state index in [0.717, 1.165) is 23.3 Å². The van der Waals surface area contributed by atoms with Crippen molar-refractivity contribution in [2.24, 2.45) is 0 Å². The van der Waals surface area contributed by atoms with Gasteiger partial charge in [-0.3, -0.25) is 4.79 Å². The van der Waals surface area contributed by atoms with Crippen molar-refractivity contribution in [2.45, 2.75) is 38.7 Å². The minimum absolute atomic E-state index is 0.0442. The lowest BCUT2D eigenvalue weighted by atomic mass is 9.99. The molecule has 9 heteroatoms. The number of carbonyl (C=O) groups is 1. The Balaban J connectivity index is 1.95. The number of alkyl halides is 5. The van der Waals surface area contributed by atoms with Gasteiger partial charge in [-0.25, -0.2) is 8.78 Å². The van der Waals surface area contributed by atoms with Gasteiger partial charge in [-0.2, -0.15) is 13.2 Å². The zero-order chi connectivity index (χ0) is 21.2. The molecular weight excluding hydrogens is 393 g/mol. The van der Waals surface area contributed by atoms with E-state index >= 15 is 0 Å². The standard InChI is InChI=1S/C20H20F5N3O/c1-11-4-13(6-15(5-11)20(23,24)25)18(19(29)27-10-17(21)22)28-16-3-2-12-8-26-9-14(12)7-16/h2-7,17-18,26,28H,8-10H2,1H3,(H,27,29)/t18-/m0/s1. The van der Waals surface area contributed by atoms with E-state index in [1.807, 2.05) is 6.07 Å². The van der Waals surface area contributed by atoms with Crippen LogP contribution in [-0.2, 0) is 24.1 Å². The third kappa shape index (κ3) is 5.23. The third-order valence-electron chi connectivity index (χ3n) is 4.60. The number of rotatable bonds is 6. The molecule has 2 aromatic rings. The fourth-order valence-electron chi connectivity index (χ4n) is 3.27. The highest BCUT2D eigenvalue weighted by Crippen LogP contribution is 2.33. The summed E-state index contributed by atoms with van der Waals surface area (Å²) >= 11 is 0. The molecule has 0 radical (unpaired) electrons. The van der Waals surface area contributed by atoms with E-state index in [1.54, 1.807) is 12.1 Å². The highest BCUT2D eigenvalue weighted by molar-refractivity contribution is 5.86. The van der Waals surface area contributed by atoms with Crippen molar-refractivity contribution in [1.82, 2.24) is 10.6 Å². The summed E-state index contributed by atoms with van der Waals surface area (Å²) in [6, 6.07) is 7.36. The zero-order valence-electron chi connectivity index (χ0n) is 15.5. The van der Waals surface area contributed by atoms with Gasteiger partial charge in [-0.1, -0.05) is 17.7 Å². The fourth-order valence-corrected chi connectivity index (χ4v) is 3.27. The Labute approximate surface area is 164 Å². The maximum absolute atomic E-state index is 13.2. The first-order valence-corrected chi connectivity index (χ1v) is 8.97. The molecule has 4 nitrogen and oxygen atoms in total. The molecule has 1 heterocycles. The van der Waals surface area contributed by atoms with Crippen LogP contribution in [0.3, 0.4) is 0 Å². The second-order valence-corrected chi connectivity index (χ2v) is 6.93. The molecular formula is C20H20F5N3O. The van der Waals surface area contributed by atoms with Gasteiger partial charge < -0.3 is 16.0 Å². The number of halogens is 5. The summed E-state index contributed by atoms with van der Waals surface area (Å²) in [5.41, 5.74) is 2.05. The van der Waals surface area contributed by atoms with Crippen molar-refractivity contribution in [3.8, 4) is 0 Å². The maximum Gasteiger partial charge on any atom is 0.416 e. The number of fused-ring (bicyclic) bond motifs is 1. The molecule has 2 aromatic carbocycles. The van der Waals surface area contributed by atoms with E-state index in [2.05, 4.69) is 16.0 Å². The van der Waals surface area contributed by atoms with Crippen molar-refractivity contribution in [2.75, 3.05) is 11.9 Å². The van der Waals surface area contributed by atoms with Gasteiger partial charge in [0.25, 0.3) is 6.43 Å². The molecule has 156 valence electrons. The van der Waals surface area contributed by atoms with Crippen LogP contribution in [0.15, 0.2) is 36.4 Å². The number of anilines is 1. The molecule has 1 amide bonds. The van der Waals surface area contributed by atoms with Gasteiger partial charge in [0.05, 0.1) is 12.1 Å². The van der Waals surface area contributed by atoms with Crippen LogP contribution in [0.2, 0.25) is 0 Å². The molecule has 0 saturated carbocycles. The molecule has 29 heavy (non-hydrogen) atoms. The summed E-state index contributed by atoms with van der Waals surface area (Å²) in [4.78, 5) is 12.6. The van der Waals surface area contributed by atoms with Crippen molar-refractivity contribution in [3.05, 3.63) is 64.2 Å². The molecule has 0 fully saturated rings. The van der Waals surface area contributed by atoms with E-state index in [0.29, 0.717) is 24.3 Å². The lowest BCUT2D eigenvalue weighted by molar-refractivity contribution is -0.137. The number of benzene rings is 2. The lowest BCUT2D eigenvalue weighted by Gasteiger charge is -2.22. The highest BCUT2D eigenvalue weighted by Gasteiger charge is 2.32. The minimum Gasteiger partial charge on any atom is -0.370 e. The number of carbonyl (C=O) groups excluding carboxylic acids is 1. The molecule has 0 bridgehead atoms. The Morgan fingerprint density at radius 1 is 1.10 bits per heavy atom. The van der Waals surface area contributed by atoms with E-state index in [1.165, 1.54) is 13.0 Å². The van der Waals surface area contributed by atoms with Gasteiger partial charge >= 0.3 is 6.18 Å². The molecule has 1 atom stereocenters. The highest BCUT2D eigenvalue weighted by atomic mass is 19.4. The van der Waals surface area contributed by atoms with Gasteiger partial charge in [-0.05, 0) is 47.9 Å². The topological polar surface area (TPSA) is 53.2 Å². The number of hydrogen-bond acceptors (Lipinski definition) is 3. The van der Waals surface area contributed by atoms with Crippen molar-refractivity contribution in [1.29, 1.82) is 0 Å². The number of hydrogen-bond donors (Lipinski definition) is 3. The molecule has 0 aliphatic carbocycles. The van der Waals surface area contributed by atoms with Crippen molar-refractivity contribution >= 4 is 11.6 Å². The van der Waals surface area contributed by atoms with Gasteiger partial charge in [-0.15, -0.1) is 0 Å². The Hall–Kier alpha value is -2.68. The molecule has 0 saturated heterocycles. The number of aryl methyl sites for hydroxylation is 1. The summed E-state index contributed by atoms with van der Waals surface area (Å²) in [6.07, 6.45) is -7.36. The molecule has 0 aromatic heterocycles. The van der Waals surface area contributed by atoms with Crippen LogP contribution < -0.4 is 16.0 Å². The van der Waals surface area contributed by atoms with Crippen LogP contribution in [0.4, 0.5) is 27.6 Å². The van der Waals surface area contributed by atoms with E-state index in [-0.39, 0.29) is 5.56 Å². The van der Waals surface area contributed by atoms with Gasteiger partial charge in [0.15, 0.2) is 0 Å². The van der Waals surface area contributed by atoms with Crippen LogP contribution >= 0.6 is 0 Å². The van der Waals surface area contributed by atoms with Crippen LogP contribution in [0, 0.1) is 6.92 Å². The maximum atomic E-state index is 13.2. The van der Waals surface area contributed by atoms with Gasteiger partial charge in [0.2, 0.25) is 5.91 Å². The lowest BCUT2D eigenvalue weighted by Crippen LogP contribution is -2.36. The molecule has 3 N–H and O–H groups in total. The summed E-state index contributed by atoms with van der Waals surface area (Å²) in [5, 5.41) is 8.16. The summed E-state index contributed by atoms with van der Waals surface area (Å²) in [7, 11) is 0. The Morgan fingerprint density at radius 2 is 1.83 bits per heavy atom. The van der Waals surface area contributed by atoms with Gasteiger partial charge in [0, 0.05) is 18.8 Å². The molecule has 0 spiro atoms. The number of amides is 1. The zero-order valence-corrected chi connectivity index (χ0v) is 15.5. The molecule has 3 rings (SSSR count). The van der Waals surface area contributed by atoms with Crippen LogP contribution in [-0.4, -0.2) is 18.9 Å². The SMILES string of the molecule is Cc1cc([C@H](Nc2ccc3c(c2)CNC3)C(=O)NCC(F)F)cc(C(F)(F)F)c1. The third-order valence-corrected chi connectivity index (χ3v) is 4.60. The molecule has 0 unspecified atom stereocenters. The van der Waals surface area contributed by atoms with E-state index in [4.69, 9.17) is 0 Å². The first-order valence-electron chi connectivity index (χ1n) is 8.97. The first-order chi connectivity index (χ1) is 13.6. The Bertz CT molecular complexity index is 898. The molecule has 1 aliphatic heterocycles. The summed E-state index contributed by atoms with van der Waals surface area (Å²) in [5.74, 6) is -0.831. The summed E-state index contributed by atoms with van der Waals surface area (Å²) < 4.78 is 64.7. The Kier molecular flexibility index (Phi) is 6.07. The second-order valence-electron chi connectivity index (χ2n) is 6.93. The van der Waals surface area contributed by atoms with Gasteiger partial charge in [0.1, 0.15) is 6.04 Å². The number of nitrogens with one attached hydrogen (secondary N) is 3. The largest absolute Gasteiger partial charge is 0.416 e. The average molecular weight is 413 g/mol. The van der Waals surface area contributed by atoms with Crippen LogP contribution in [0.5, 0.6) is 0 Å². The second kappa shape index (κ2) is 8.36. The smallest absolute Gasteiger partial charge is 0.370 e.